The molecule has 1 amide bonds. The monoisotopic (exact) mass is 361 g/mol. The first-order chi connectivity index (χ1) is 12.6. The van der Waals surface area contributed by atoms with Gasteiger partial charge in [0.2, 0.25) is 0 Å². The van der Waals surface area contributed by atoms with Gasteiger partial charge in [0.1, 0.15) is 5.76 Å². The van der Waals surface area contributed by atoms with Crippen LogP contribution in [0.15, 0.2) is 22.6 Å². The maximum atomic E-state index is 12.7. The summed E-state index contributed by atoms with van der Waals surface area (Å²) < 4.78 is 18.4. The topological polar surface area (TPSA) is 69.7 Å². The third-order valence-corrected chi connectivity index (χ3v) is 4.65. The van der Waals surface area contributed by atoms with Crippen LogP contribution in [0.4, 0.5) is 0 Å². The van der Waals surface area contributed by atoms with E-state index in [-0.39, 0.29) is 12.0 Å². The van der Waals surface area contributed by atoms with Gasteiger partial charge >= 0.3 is 0 Å². The third kappa shape index (κ3) is 4.53. The SMILES string of the molecule is COCCOC1CCN(C(=O)c2ccc(Cn3nc(C)cc3C)o2)CC1. The number of amides is 1. The molecule has 3 rings (SSSR count). The minimum absolute atomic E-state index is 0.0556. The standard InChI is InChI=1S/C19H27N3O4/c1-14-12-15(2)22(20-14)13-17-4-5-18(26-17)19(23)21-8-6-16(7-9-21)25-11-10-24-3/h4-5,12,16H,6-11,13H2,1-3H3. The van der Waals surface area contributed by atoms with Crippen molar-refractivity contribution in [3.05, 3.63) is 41.1 Å². The molecule has 2 aromatic rings. The van der Waals surface area contributed by atoms with Crippen LogP contribution >= 0.6 is 0 Å². The smallest absolute Gasteiger partial charge is 0.289 e. The lowest BCUT2D eigenvalue weighted by Crippen LogP contribution is -2.41. The van der Waals surface area contributed by atoms with E-state index in [1.807, 2.05) is 35.6 Å². The van der Waals surface area contributed by atoms with Crippen molar-refractivity contribution in [3.63, 3.8) is 0 Å². The second-order valence-corrected chi connectivity index (χ2v) is 6.71. The number of hydrogen-bond donors (Lipinski definition) is 0. The molecule has 2 aromatic heterocycles. The van der Waals surface area contributed by atoms with E-state index >= 15 is 0 Å². The number of carbonyl (C=O) groups is 1. The van der Waals surface area contributed by atoms with Gasteiger partial charge in [-0.05, 0) is 44.9 Å². The van der Waals surface area contributed by atoms with E-state index in [2.05, 4.69) is 5.10 Å². The van der Waals surface area contributed by atoms with Gasteiger partial charge in [0.05, 0.1) is 31.6 Å². The van der Waals surface area contributed by atoms with Crippen molar-refractivity contribution >= 4 is 5.91 Å². The van der Waals surface area contributed by atoms with Gasteiger partial charge in [0, 0.05) is 25.9 Å². The number of aromatic nitrogens is 2. The van der Waals surface area contributed by atoms with E-state index in [4.69, 9.17) is 13.9 Å². The average molecular weight is 361 g/mol. The van der Waals surface area contributed by atoms with Crippen molar-refractivity contribution in [2.24, 2.45) is 0 Å². The first kappa shape index (κ1) is 18.7. The molecule has 7 nitrogen and oxygen atoms in total. The molecular formula is C19H27N3O4. The summed E-state index contributed by atoms with van der Waals surface area (Å²) in [6, 6.07) is 5.63. The number of piperidine rings is 1. The Morgan fingerprint density at radius 3 is 2.69 bits per heavy atom. The van der Waals surface area contributed by atoms with Gasteiger partial charge in [-0.3, -0.25) is 9.48 Å². The molecule has 1 aliphatic heterocycles. The zero-order valence-corrected chi connectivity index (χ0v) is 15.7. The highest BCUT2D eigenvalue weighted by Gasteiger charge is 2.25. The summed E-state index contributed by atoms with van der Waals surface area (Å²) in [5.74, 6) is 1.07. The number of carbonyl (C=O) groups excluding carboxylic acids is 1. The summed E-state index contributed by atoms with van der Waals surface area (Å²) in [6.45, 7) is 7.07. The summed E-state index contributed by atoms with van der Waals surface area (Å²) in [6.07, 6.45) is 1.89. The zero-order chi connectivity index (χ0) is 18.5. The van der Waals surface area contributed by atoms with Crippen molar-refractivity contribution in [2.75, 3.05) is 33.4 Å². The Labute approximate surface area is 153 Å². The van der Waals surface area contributed by atoms with Crippen LogP contribution in [-0.2, 0) is 16.0 Å². The van der Waals surface area contributed by atoms with Gasteiger partial charge in [0.15, 0.2) is 5.76 Å². The summed E-state index contributed by atoms with van der Waals surface area (Å²) in [4.78, 5) is 14.5. The van der Waals surface area contributed by atoms with Gasteiger partial charge < -0.3 is 18.8 Å². The Balaban J connectivity index is 1.53. The molecule has 1 saturated heterocycles. The van der Waals surface area contributed by atoms with Gasteiger partial charge in [0.25, 0.3) is 5.91 Å². The number of likely N-dealkylation sites (tertiary alicyclic amines) is 1. The van der Waals surface area contributed by atoms with Gasteiger partial charge in [-0.15, -0.1) is 0 Å². The Hall–Kier alpha value is -2.12. The third-order valence-electron chi connectivity index (χ3n) is 4.65. The Bertz CT molecular complexity index is 729. The highest BCUT2D eigenvalue weighted by molar-refractivity contribution is 5.91. The van der Waals surface area contributed by atoms with Crippen molar-refractivity contribution in [3.8, 4) is 0 Å². The molecular weight excluding hydrogens is 334 g/mol. The predicted octanol–water partition coefficient (Wildman–Crippen LogP) is 2.41. The molecule has 0 N–H and O–H groups in total. The molecule has 26 heavy (non-hydrogen) atoms. The highest BCUT2D eigenvalue weighted by atomic mass is 16.5. The van der Waals surface area contributed by atoms with Crippen molar-refractivity contribution < 1.29 is 18.7 Å². The lowest BCUT2D eigenvalue weighted by molar-refractivity contribution is -0.0127. The molecule has 0 radical (unpaired) electrons. The molecule has 7 heteroatoms. The number of aryl methyl sites for hydroxylation is 2. The second-order valence-electron chi connectivity index (χ2n) is 6.71. The zero-order valence-electron chi connectivity index (χ0n) is 15.7. The van der Waals surface area contributed by atoms with Crippen LogP contribution in [0.2, 0.25) is 0 Å². The van der Waals surface area contributed by atoms with Crippen molar-refractivity contribution in [1.29, 1.82) is 0 Å². The summed E-state index contributed by atoms with van der Waals surface area (Å²) in [5, 5.41) is 4.43. The first-order valence-electron chi connectivity index (χ1n) is 9.06. The minimum atomic E-state index is -0.0556. The van der Waals surface area contributed by atoms with Crippen LogP contribution in [0.3, 0.4) is 0 Å². The maximum Gasteiger partial charge on any atom is 0.289 e. The summed E-state index contributed by atoms with van der Waals surface area (Å²) in [7, 11) is 1.66. The fraction of sp³-hybridized carbons (Fsp3) is 0.579. The van der Waals surface area contributed by atoms with E-state index in [1.54, 1.807) is 13.2 Å². The molecule has 0 unspecified atom stereocenters. The average Bonchev–Trinajstić information content (AvgIpc) is 3.22. The number of hydrogen-bond acceptors (Lipinski definition) is 5. The Morgan fingerprint density at radius 2 is 2.04 bits per heavy atom. The molecule has 0 aromatic carbocycles. The number of nitrogens with zero attached hydrogens (tertiary/aromatic N) is 3. The Kier molecular flexibility index (Phi) is 6.11. The molecule has 0 aliphatic carbocycles. The molecule has 0 atom stereocenters. The van der Waals surface area contributed by atoms with Crippen molar-refractivity contribution in [2.45, 2.75) is 39.3 Å². The molecule has 1 fully saturated rings. The number of ether oxygens (including phenoxy) is 2. The molecule has 142 valence electrons. The highest BCUT2D eigenvalue weighted by Crippen LogP contribution is 2.18. The van der Waals surface area contributed by atoms with E-state index in [0.717, 1.165) is 30.0 Å². The van der Waals surface area contributed by atoms with Crippen LogP contribution in [0.25, 0.3) is 0 Å². The molecule has 1 aliphatic rings. The summed E-state index contributed by atoms with van der Waals surface area (Å²) >= 11 is 0. The first-order valence-corrected chi connectivity index (χ1v) is 9.06. The van der Waals surface area contributed by atoms with E-state index in [0.29, 0.717) is 38.6 Å². The fourth-order valence-corrected chi connectivity index (χ4v) is 3.24. The van der Waals surface area contributed by atoms with E-state index in [9.17, 15) is 4.79 Å². The van der Waals surface area contributed by atoms with Crippen LogP contribution in [0, 0.1) is 13.8 Å². The maximum absolute atomic E-state index is 12.7. The summed E-state index contributed by atoms with van der Waals surface area (Å²) in [5.41, 5.74) is 2.04. The van der Waals surface area contributed by atoms with Crippen molar-refractivity contribution in [1.82, 2.24) is 14.7 Å². The van der Waals surface area contributed by atoms with E-state index in [1.165, 1.54) is 0 Å². The normalized spacial score (nSPS) is 15.6. The molecule has 3 heterocycles. The largest absolute Gasteiger partial charge is 0.454 e. The van der Waals surface area contributed by atoms with Crippen LogP contribution in [-0.4, -0.2) is 60.1 Å². The molecule has 0 saturated carbocycles. The lowest BCUT2D eigenvalue weighted by atomic mass is 10.1. The second kappa shape index (κ2) is 8.51. The van der Waals surface area contributed by atoms with Crippen LogP contribution in [0.5, 0.6) is 0 Å². The van der Waals surface area contributed by atoms with Gasteiger partial charge in [-0.25, -0.2) is 0 Å². The lowest BCUT2D eigenvalue weighted by Gasteiger charge is -2.31. The molecule has 0 spiro atoms. The number of rotatable bonds is 7. The molecule has 0 bridgehead atoms. The minimum Gasteiger partial charge on any atom is -0.454 e. The quantitative estimate of drug-likeness (QED) is 0.709. The van der Waals surface area contributed by atoms with Crippen LogP contribution < -0.4 is 0 Å². The van der Waals surface area contributed by atoms with E-state index < -0.39 is 0 Å². The number of methoxy groups -OCH3 is 1. The number of furan rings is 1. The van der Waals surface area contributed by atoms with Gasteiger partial charge in [-0.2, -0.15) is 5.10 Å². The Morgan fingerprint density at radius 1 is 1.27 bits per heavy atom. The van der Waals surface area contributed by atoms with Crippen LogP contribution in [0.1, 0.15) is 40.5 Å². The fourth-order valence-electron chi connectivity index (χ4n) is 3.24. The predicted molar refractivity (Wildman–Crippen MR) is 96.3 cm³/mol. The van der Waals surface area contributed by atoms with Gasteiger partial charge in [-0.1, -0.05) is 0 Å².